The van der Waals surface area contributed by atoms with E-state index in [1.165, 1.54) is 0 Å². The third-order valence-electron chi connectivity index (χ3n) is 3.26. The first-order valence-corrected chi connectivity index (χ1v) is 7.78. The first-order chi connectivity index (χ1) is 9.99. The van der Waals surface area contributed by atoms with Crippen molar-refractivity contribution < 1.29 is 9.53 Å². The van der Waals surface area contributed by atoms with Crippen LogP contribution in [0.2, 0.25) is 0 Å². The van der Waals surface area contributed by atoms with Crippen molar-refractivity contribution in [3.63, 3.8) is 0 Å². The third kappa shape index (κ3) is 5.38. The topological polar surface area (TPSA) is 50.4 Å². The summed E-state index contributed by atoms with van der Waals surface area (Å²) in [5.41, 5.74) is 1.10. The molecule has 0 aliphatic heterocycles. The smallest absolute Gasteiger partial charge is 0.260 e. The molecule has 2 N–H and O–H groups in total. The van der Waals surface area contributed by atoms with Gasteiger partial charge in [-0.2, -0.15) is 0 Å². The Morgan fingerprint density at radius 2 is 1.86 bits per heavy atom. The van der Waals surface area contributed by atoms with E-state index in [1.54, 1.807) is 6.92 Å². The maximum absolute atomic E-state index is 12.0. The summed E-state index contributed by atoms with van der Waals surface area (Å²) >= 11 is 0. The SMILES string of the molecule is CCNC(CC)c1ccccc1OC(C)C(=O)NC(C)C. The normalized spacial score (nSPS) is 13.8. The van der Waals surface area contributed by atoms with Crippen LogP contribution in [0.4, 0.5) is 0 Å². The molecule has 0 saturated carbocycles. The molecule has 0 spiro atoms. The lowest BCUT2D eigenvalue weighted by atomic mass is 10.0. The molecule has 1 rings (SSSR count). The van der Waals surface area contributed by atoms with Gasteiger partial charge in [0.25, 0.3) is 5.91 Å². The third-order valence-corrected chi connectivity index (χ3v) is 3.26. The Morgan fingerprint density at radius 3 is 2.43 bits per heavy atom. The van der Waals surface area contributed by atoms with E-state index in [1.807, 2.05) is 32.0 Å². The molecule has 2 unspecified atom stereocenters. The maximum atomic E-state index is 12.0. The highest BCUT2D eigenvalue weighted by atomic mass is 16.5. The molecule has 0 aromatic heterocycles. The zero-order chi connectivity index (χ0) is 15.8. The first kappa shape index (κ1) is 17.5. The van der Waals surface area contributed by atoms with E-state index >= 15 is 0 Å². The van der Waals surface area contributed by atoms with Crippen molar-refractivity contribution in [3.05, 3.63) is 29.8 Å². The molecule has 4 heteroatoms. The molecule has 0 saturated heterocycles. The number of ether oxygens (including phenoxy) is 1. The molecule has 0 aliphatic carbocycles. The number of para-hydroxylation sites is 1. The van der Waals surface area contributed by atoms with E-state index in [-0.39, 0.29) is 18.0 Å². The number of carbonyl (C=O) groups excluding carboxylic acids is 1. The molecule has 1 aromatic rings. The summed E-state index contributed by atoms with van der Waals surface area (Å²) in [6.45, 7) is 10.8. The Morgan fingerprint density at radius 1 is 1.19 bits per heavy atom. The zero-order valence-corrected chi connectivity index (χ0v) is 13.8. The lowest BCUT2D eigenvalue weighted by Gasteiger charge is -2.22. The van der Waals surface area contributed by atoms with E-state index in [0.717, 1.165) is 24.3 Å². The minimum absolute atomic E-state index is 0.0868. The van der Waals surface area contributed by atoms with Crippen LogP contribution in [-0.2, 0) is 4.79 Å². The number of benzene rings is 1. The molecule has 21 heavy (non-hydrogen) atoms. The second-order valence-electron chi connectivity index (χ2n) is 5.48. The van der Waals surface area contributed by atoms with E-state index in [0.29, 0.717) is 0 Å². The Balaban J connectivity index is 2.85. The summed E-state index contributed by atoms with van der Waals surface area (Å²) in [5.74, 6) is 0.688. The van der Waals surface area contributed by atoms with Gasteiger partial charge in [-0.15, -0.1) is 0 Å². The van der Waals surface area contributed by atoms with Crippen LogP contribution >= 0.6 is 0 Å². The fourth-order valence-corrected chi connectivity index (χ4v) is 2.24. The summed E-state index contributed by atoms with van der Waals surface area (Å²) in [5, 5.41) is 6.31. The molecule has 118 valence electrons. The largest absolute Gasteiger partial charge is 0.481 e. The van der Waals surface area contributed by atoms with E-state index in [9.17, 15) is 4.79 Å². The number of carbonyl (C=O) groups is 1. The summed E-state index contributed by atoms with van der Waals surface area (Å²) < 4.78 is 5.89. The lowest BCUT2D eigenvalue weighted by Crippen LogP contribution is -2.40. The molecule has 1 amide bonds. The van der Waals surface area contributed by atoms with Crippen LogP contribution in [0.1, 0.15) is 52.6 Å². The Kier molecular flexibility index (Phi) is 7.23. The average molecular weight is 292 g/mol. The number of nitrogens with one attached hydrogen (secondary N) is 2. The summed E-state index contributed by atoms with van der Waals surface area (Å²) in [7, 11) is 0. The van der Waals surface area contributed by atoms with Crippen LogP contribution in [-0.4, -0.2) is 24.6 Å². The van der Waals surface area contributed by atoms with Gasteiger partial charge >= 0.3 is 0 Å². The van der Waals surface area contributed by atoms with Crippen LogP contribution in [0.15, 0.2) is 24.3 Å². The van der Waals surface area contributed by atoms with Crippen LogP contribution in [0.5, 0.6) is 5.75 Å². The molecule has 4 nitrogen and oxygen atoms in total. The predicted molar refractivity (Wildman–Crippen MR) is 86.5 cm³/mol. The minimum atomic E-state index is -0.507. The molecule has 0 fully saturated rings. The Hall–Kier alpha value is -1.55. The van der Waals surface area contributed by atoms with Crippen molar-refractivity contribution in [2.75, 3.05) is 6.54 Å². The molecule has 0 aliphatic rings. The standard InChI is InChI=1S/C17H28N2O2/c1-6-15(18-7-2)14-10-8-9-11-16(14)21-13(5)17(20)19-12(3)4/h8-13,15,18H,6-7H2,1-5H3,(H,19,20). The van der Waals surface area contributed by atoms with Gasteiger partial charge < -0.3 is 15.4 Å². The first-order valence-electron chi connectivity index (χ1n) is 7.78. The summed E-state index contributed by atoms with van der Waals surface area (Å²) in [6, 6.07) is 8.27. The molecular weight excluding hydrogens is 264 g/mol. The van der Waals surface area contributed by atoms with Crippen LogP contribution in [0.25, 0.3) is 0 Å². The molecule has 0 heterocycles. The second kappa shape index (κ2) is 8.67. The molecule has 2 atom stereocenters. The second-order valence-corrected chi connectivity index (χ2v) is 5.48. The fourth-order valence-electron chi connectivity index (χ4n) is 2.24. The van der Waals surface area contributed by atoms with Crippen molar-refractivity contribution >= 4 is 5.91 Å². The van der Waals surface area contributed by atoms with Gasteiger partial charge in [0, 0.05) is 17.6 Å². The van der Waals surface area contributed by atoms with Crippen molar-refractivity contribution in [2.24, 2.45) is 0 Å². The lowest BCUT2D eigenvalue weighted by molar-refractivity contribution is -0.127. The Labute approximate surface area is 128 Å². The van der Waals surface area contributed by atoms with Crippen molar-refractivity contribution in [1.82, 2.24) is 10.6 Å². The number of rotatable bonds is 8. The van der Waals surface area contributed by atoms with Crippen molar-refractivity contribution in [2.45, 2.75) is 59.2 Å². The van der Waals surface area contributed by atoms with Gasteiger partial charge in [-0.1, -0.05) is 32.0 Å². The van der Waals surface area contributed by atoms with Crippen molar-refractivity contribution in [1.29, 1.82) is 0 Å². The van der Waals surface area contributed by atoms with Gasteiger partial charge in [-0.25, -0.2) is 0 Å². The van der Waals surface area contributed by atoms with Crippen molar-refractivity contribution in [3.8, 4) is 5.75 Å². The van der Waals surface area contributed by atoms with Gasteiger partial charge in [-0.05, 0) is 39.8 Å². The average Bonchev–Trinajstić information content (AvgIpc) is 2.44. The van der Waals surface area contributed by atoms with E-state index in [4.69, 9.17) is 4.74 Å². The zero-order valence-electron chi connectivity index (χ0n) is 13.8. The summed E-state index contributed by atoms with van der Waals surface area (Å²) in [6.07, 6.45) is 0.466. The minimum Gasteiger partial charge on any atom is -0.481 e. The van der Waals surface area contributed by atoms with Gasteiger partial charge in [0.1, 0.15) is 5.75 Å². The highest BCUT2D eigenvalue weighted by Crippen LogP contribution is 2.27. The molecular formula is C17H28N2O2. The number of hydrogen-bond donors (Lipinski definition) is 2. The maximum Gasteiger partial charge on any atom is 0.260 e. The van der Waals surface area contributed by atoms with Crippen LogP contribution in [0, 0.1) is 0 Å². The van der Waals surface area contributed by atoms with Gasteiger partial charge in [0.05, 0.1) is 0 Å². The van der Waals surface area contributed by atoms with Crippen LogP contribution in [0.3, 0.4) is 0 Å². The quantitative estimate of drug-likeness (QED) is 0.774. The van der Waals surface area contributed by atoms with Gasteiger partial charge in [-0.3, -0.25) is 4.79 Å². The van der Waals surface area contributed by atoms with E-state index in [2.05, 4.69) is 30.5 Å². The highest BCUT2D eigenvalue weighted by molar-refractivity contribution is 5.80. The summed E-state index contributed by atoms with van der Waals surface area (Å²) in [4.78, 5) is 12.0. The predicted octanol–water partition coefficient (Wildman–Crippen LogP) is 3.04. The van der Waals surface area contributed by atoms with Gasteiger partial charge in [0.2, 0.25) is 0 Å². The number of hydrogen-bond acceptors (Lipinski definition) is 3. The van der Waals surface area contributed by atoms with Gasteiger partial charge in [0.15, 0.2) is 6.10 Å². The van der Waals surface area contributed by atoms with E-state index < -0.39 is 6.10 Å². The molecule has 0 radical (unpaired) electrons. The molecule has 1 aromatic carbocycles. The van der Waals surface area contributed by atoms with Crippen LogP contribution < -0.4 is 15.4 Å². The monoisotopic (exact) mass is 292 g/mol. The number of amides is 1. The Bertz CT molecular complexity index is 446. The molecule has 0 bridgehead atoms. The highest BCUT2D eigenvalue weighted by Gasteiger charge is 2.19. The fraction of sp³-hybridized carbons (Fsp3) is 0.588.